The van der Waals surface area contributed by atoms with Crippen molar-refractivity contribution in [1.82, 2.24) is 10.2 Å². The molecular weight excluding hydrogens is 228 g/mol. The molecule has 1 unspecified atom stereocenters. The summed E-state index contributed by atoms with van der Waals surface area (Å²) < 4.78 is 10.2. The van der Waals surface area contributed by atoms with E-state index < -0.39 is 0 Å². The Hall–Kier alpha value is -0.160. The number of hydrogen-bond acceptors (Lipinski definition) is 4. The van der Waals surface area contributed by atoms with Gasteiger partial charge in [0.2, 0.25) is 0 Å². The van der Waals surface area contributed by atoms with Crippen LogP contribution in [0.15, 0.2) is 0 Å². The summed E-state index contributed by atoms with van der Waals surface area (Å²) in [6.07, 6.45) is 3.78. The van der Waals surface area contributed by atoms with E-state index in [4.69, 9.17) is 9.47 Å². The molecule has 0 bridgehead atoms. The minimum atomic E-state index is 0.660. The molecule has 4 nitrogen and oxygen atoms in total. The van der Waals surface area contributed by atoms with E-state index >= 15 is 0 Å². The maximum atomic E-state index is 5.15. The lowest BCUT2D eigenvalue weighted by atomic mass is 9.95. The maximum absolute atomic E-state index is 5.15. The van der Waals surface area contributed by atoms with Crippen LogP contribution < -0.4 is 5.32 Å². The molecule has 0 amide bonds. The van der Waals surface area contributed by atoms with Gasteiger partial charge in [0.05, 0.1) is 6.61 Å². The summed E-state index contributed by atoms with van der Waals surface area (Å²) in [6.45, 7) is 8.59. The molecule has 1 N–H and O–H groups in total. The van der Waals surface area contributed by atoms with Crippen LogP contribution in [-0.4, -0.2) is 64.6 Å². The molecular formula is C14H30N2O2. The zero-order chi connectivity index (χ0) is 13.2. The molecule has 1 atom stereocenters. The third-order valence-corrected chi connectivity index (χ3v) is 3.93. The van der Waals surface area contributed by atoms with E-state index in [1.807, 2.05) is 0 Å². The lowest BCUT2D eigenvalue weighted by molar-refractivity contribution is 0.105. The number of nitrogens with zero attached hydrogens (tertiary/aromatic N) is 1. The summed E-state index contributed by atoms with van der Waals surface area (Å²) >= 11 is 0. The molecule has 1 rings (SSSR count). The molecule has 0 aliphatic carbocycles. The zero-order valence-electron chi connectivity index (χ0n) is 12.3. The second kappa shape index (κ2) is 9.73. The number of piperidine rings is 1. The summed E-state index contributed by atoms with van der Waals surface area (Å²) in [5.41, 5.74) is 0. The largest absolute Gasteiger partial charge is 0.385 e. The third kappa shape index (κ3) is 6.14. The number of hydrogen-bond donors (Lipinski definition) is 1. The maximum Gasteiger partial charge on any atom is 0.0587 e. The van der Waals surface area contributed by atoms with E-state index in [0.29, 0.717) is 6.04 Å². The van der Waals surface area contributed by atoms with Crippen LogP contribution >= 0.6 is 0 Å². The highest BCUT2D eigenvalue weighted by Crippen LogP contribution is 2.19. The molecule has 1 aliphatic heterocycles. The van der Waals surface area contributed by atoms with Gasteiger partial charge in [-0.25, -0.2) is 0 Å². The average Bonchev–Trinajstić information content (AvgIpc) is 2.41. The molecule has 1 heterocycles. The van der Waals surface area contributed by atoms with Gasteiger partial charge < -0.3 is 19.7 Å². The number of methoxy groups -OCH3 is 2. The fourth-order valence-electron chi connectivity index (χ4n) is 2.55. The molecule has 0 aromatic rings. The van der Waals surface area contributed by atoms with Crippen molar-refractivity contribution < 1.29 is 9.47 Å². The highest BCUT2D eigenvalue weighted by atomic mass is 16.5. The Bertz CT molecular complexity index is 194. The Labute approximate surface area is 112 Å². The van der Waals surface area contributed by atoms with Gasteiger partial charge in [0.25, 0.3) is 0 Å². The van der Waals surface area contributed by atoms with Gasteiger partial charge in [-0.15, -0.1) is 0 Å². The normalized spacial score (nSPS) is 20.2. The fourth-order valence-corrected chi connectivity index (χ4v) is 2.55. The first-order chi connectivity index (χ1) is 8.77. The second-order valence-electron chi connectivity index (χ2n) is 5.31. The molecule has 0 saturated carbocycles. The number of nitrogens with one attached hydrogen (secondary N) is 1. The highest BCUT2D eigenvalue weighted by molar-refractivity contribution is 4.77. The van der Waals surface area contributed by atoms with Crippen molar-refractivity contribution in [2.24, 2.45) is 5.92 Å². The van der Waals surface area contributed by atoms with Crippen LogP contribution in [0, 0.1) is 5.92 Å². The van der Waals surface area contributed by atoms with Gasteiger partial charge in [-0.3, -0.25) is 0 Å². The highest BCUT2D eigenvalue weighted by Gasteiger charge is 2.22. The van der Waals surface area contributed by atoms with E-state index in [1.54, 1.807) is 14.2 Å². The van der Waals surface area contributed by atoms with E-state index in [2.05, 4.69) is 17.1 Å². The standard InChI is InChI=1S/C14H30N2O2/c1-13(6-10-17-2)16-8-4-14(5-9-16)12-15-7-11-18-3/h13-15H,4-12H2,1-3H3. The predicted molar refractivity (Wildman–Crippen MR) is 75.0 cm³/mol. The SMILES string of the molecule is COCCNCC1CCN(C(C)CCOC)CC1. The van der Waals surface area contributed by atoms with Gasteiger partial charge in [0, 0.05) is 33.4 Å². The summed E-state index contributed by atoms with van der Waals surface area (Å²) in [5, 5.41) is 3.47. The lowest BCUT2D eigenvalue weighted by Crippen LogP contribution is -2.42. The van der Waals surface area contributed by atoms with Gasteiger partial charge in [-0.05, 0) is 51.7 Å². The van der Waals surface area contributed by atoms with Gasteiger partial charge in [0.1, 0.15) is 0 Å². The monoisotopic (exact) mass is 258 g/mol. The number of ether oxygens (including phenoxy) is 2. The van der Waals surface area contributed by atoms with Crippen molar-refractivity contribution in [2.45, 2.75) is 32.2 Å². The van der Waals surface area contributed by atoms with Gasteiger partial charge in [0.15, 0.2) is 0 Å². The summed E-state index contributed by atoms with van der Waals surface area (Å²) in [7, 11) is 3.53. The second-order valence-corrected chi connectivity index (χ2v) is 5.31. The molecule has 1 fully saturated rings. The van der Waals surface area contributed by atoms with Crippen LogP contribution in [0.4, 0.5) is 0 Å². The van der Waals surface area contributed by atoms with Crippen LogP contribution in [-0.2, 0) is 9.47 Å². The van der Waals surface area contributed by atoms with Crippen molar-refractivity contribution in [3.05, 3.63) is 0 Å². The van der Waals surface area contributed by atoms with Crippen LogP contribution in [0.5, 0.6) is 0 Å². The molecule has 1 saturated heterocycles. The quantitative estimate of drug-likeness (QED) is 0.633. The third-order valence-electron chi connectivity index (χ3n) is 3.93. The summed E-state index contributed by atoms with van der Waals surface area (Å²) in [4.78, 5) is 2.60. The first-order valence-electron chi connectivity index (χ1n) is 7.20. The van der Waals surface area contributed by atoms with Crippen LogP contribution in [0.1, 0.15) is 26.2 Å². The van der Waals surface area contributed by atoms with Crippen molar-refractivity contribution in [2.75, 3.05) is 53.6 Å². The molecule has 0 spiro atoms. The first kappa shape index (κ1) is 15.9. The molecule has 1 aliphatic rings. The van der Waals surface area contributed by atoms with E-state index in [-0.39, 0.29) is 0 Å². The predicted octanol–water partition coefficient (Wildman–Crippen LogP) is 1.36. The molecule has 108 valence electrons. The minimum absolute atomic E-state index is 0.660. The number of likely N-dealkylation sites (tertiary alicyclic amines) is 1. The first-order valence-corrected chi connectivity index (χ1v) is 7.20. The number of rotatable bonds is 9. The van der Waals surface area contributed by atoms with Gasteiger partial charge in [-0.1, -0.05) is 0 Å². The Kier molecular flexibility index (Phi) is 8.59. The Morgan fingerprint density at radius 3 is 2.44 bits per heavy atom. The van der Waals surface area contributed by atoms with Crippen molar-refractivity contribution in [1.29, 1.82) is 0 Å². The Morgan fingerprint density at radius 1 is 1.17 bits per heavy atom. The molecule has 0 radical (unpaired) electrons. The van der Waals surface area contributed by atoms with Crippen LogP contribution in [0.2, 0.25) is 0 Å². The molecule has 4 heteroatoms. The van der Waals surface area contributed by atoms with E-state index in [0.717, 1.165) is 38.6 Å². The van der Waals surface area contributed by atoms with E-state index in [1.165, 1.54) is 25.9 Å². The summed E-state index contributed by atoms with van der Waals surface area (Å²) in [5.74, 6) is 0.840. The van der Waals surface area contributed by atoms with Gasteiger partial charge in [-0.2, -0.15) is 0 Å². The molecule has 0 aromatic carbocycles. The molecule has 0 aromatic heterocycles. The van der Waals surface area contributed by atoms with Crippen molar-refractivity contribution in [3.63, 3.8) is 0 Å². The fraction of sp³-hybridized carbons (Fsp3) is 1.00. The van der Waals surface area contributed by atoms with E-state index in [9.17, 15) is 0 Å². The van der Waals surface area contributed by atoms with Crippen molar-refractivity contribution in [3.8, 4) is 0 Å². The minimum Gasteiger partial charge on any atom is -0.385 e. The zero-order valence-corrected chi connectivity index (χ0v) is 12.3. The van der Waals surface area contributed by atoms with Gasteiger partial charge >= 0.3 is 0 Å². The molecule has 18 heavy (non-hydrogen) atoms. The van der Waals surface area contributed by atoms with Crippen LogP contribution in [0.3, 0.4) is 0 Å². The summed E-state index contributed by atoms with van der Waals surface area (Å²) in [6, 6.07) is 0.660. The lowest BCUT2D eigenvalue weighted by Gasteiger charge is -2.36. The average molecular weight is 258 g/mol. The van der Waals surface area contributed by atoms with Crippen LogP contribution in [0.25, 0.3) is 0 Å². The van der Waals surface area contributed by atoms with Crippen molar-refractivity contribution >= 4 is 0 Å². The topological polar surface area (TPSA) is 33.7 Å². The Morgan fingerprint density at radius 2 is 1.83 bits per heavy atom. The Balaban J connectivity index is 2.08. The smallest absolute Gasteiger partial charge is 0.0587 e.